The Morgan fingerprint density at radius 2 is 1.94 bits per heavy atom. The molecule has 0 amide bonds. The molecule has 1 aromatic carbocycles. The second-order valence-corrected chi connectivity index (χ2v) is 8.58. The number of esters is 1. The first kappa shape index (κ1) is 26.2. The average Bonchev–Trinajstić information content (AvgIpc) is 2.89. The van der Waals surface area contributed by atoms with Crippen LogP contribution in [-0.2, 0) is 23.8 Å². The zero-order valence-electron chi connectivity index (χ0n) is 20.5. The van der Waals surface area contributed by atoms with Crippen molar-refractivity contribution in [3.8, 4) is 11.5 Å². The average molecular weight is 459 g/mol. The van der Waals surface area contributed by atoms with Crippen LogP contribution in [0.4, 0.5) is 0 Å². The molecule has 0 fully saturated rings. The summed E-state index contributed by atoms with van der Waals surface area (Å²) in [4.78, 5) is 24.5. The Labute approximate surface area is 196 Å². The number of allylic oxidation sites excluding steroid dienone is 2. The van der Waals surface area contributed by atoms with E-state index in [2.05, 4.69) is 0 Å². The number of ether oxygens (including phenoxy) is 5. The molecule has 0 aromatic heterocycles. The van der Waals surface area contributed by atoms with E-state index in [1.54, 1.807) is 13.0 Å². The van der Waals surface area contributed by atoms with E-state index in [0.29, 0.717) is 24.7 Å². The van der Waals surface area contributed by atoms with Gasteiger partial charge in [0, 0.05) is 0 Å². The summed E-state index contributed by atoms with van der Waals surface area (Å²) in [5, 5.41) is 0. The molecular formula is C26H34O7. The molecule has 0 saturated heterocycles. The molecule has 0 bridgehead atoms. The molecule has 7 heteroatoms. The molecule has 0 N–H and O–H groups in total. The number of rotatable bonds is 9. The summed E-state index contributed by atoms with van der Waals surface area (Å²) in [6.45, 7) is 10.4. The molecule has 0 aliphatic carbocycles. The minimum Gasteiger partial charge on any atom is -0.504 e. The fourth-order valence-electron chi connectivity index (χ4n) is 3.17. The van der Waals surface area contributed by atoms with Gasteiger partial charge in [-0.25, -0.2) is 4.79 Å². The van der Waals surface area contributed by atoms with E-state index in [4.69, 9.17) is 23.7 Å². The molecular weight excluding hydrogens is 424 g/mol. The molecule has 1 aliphatic rings. The molecule has 180 valence electrons. The van der Waals surface area contributed by atoms with E-state index in [0.717, 1.165) is 5.56 Å². The van der Waals surface area contributed by atoms with Crippen LogP contribution in [0.5, 0.6) is 11.5 Å². The number of carbonyl (C=O) groups is 2. The fraction of sp³-hybridized carbons (Fsp3) is 0.462. The summed E-state index contributed by atoms with van der Waals surface area (Å²) in [5.41, 5.74) is 1.47. The van der Waals surface area contributed by atoms with Crippen molar-refractivity contribution in [2.24, 2.45) is 5.92 Å². The molecule has 1 aliphatic heterocycles. The minimum absolute atomic E-state index is 0.147. The third-order valence-electron chi connectivity index (χ3n) is 5.29. The van der Waals surface area contributed by atoms with Gasteiger partial charge in [0.15, 0.2) is 17.3 Å². The highest BCUT2D eigenvalue weighted by Gasteiger charge is 2.36. The van der Waals surface area contributed by atoms with Crippen LogP contribution in [0, 0.1) is 5.92 Å². The Morgan fingerprint density at radius 1 is 1.21 bits per heavy atom. The Morgan fingerprint density at radius 3 is 2.58 bits per heavy atom. The van der Waals surface area contributed by atoms with Crippen LogP contribution in [-0.4, -0.2) is 50.9 Å². The van der Waals surface area contributed by atoms with Crippen molar-refractivity contribution in [3.63, 3.8) is 0 Å². The van der Waals surface area contributed by atoms with E-state index >= 15 is 0 Å². The quantitative estimate of drug-likeness (QED) is 0.233. The molecule has 1 aromatic rings. The highest BCUT2D eigenvalue weighted by molar-refractivity contribution is 6.03. The molecule has 7 nitrogen and oxygen atoms in total. The second kappa shape index (κ2) is 11.7. The van der Waals surface area contributed by atoms with Crippen LogP contribution >= 0.6 is 0 Å². The van der Waals surface area contributed by atoms with Crippen molar-refractivity contribution < 1.29 is 33.3 Å². The van der Waals surface area contributed by atoms with E-state index in [1.807, 2.05) is 52.0 Å². The highest BCUT2D eigenvalue weighted by atomic mass is 16.6. The van der Waals surface area contributed by atoms with E-state index in [9.17, 15) is 9.59 Å². The smallest absolute Gasteiger partial charge is 0.337 e. The molecule has 0 radical (unpaired) electrons. The van der Waals surface area contributed by atoms with Gasteiger partial charge in [0.25, 0.3) is 0 Å². The van der Waals surface area contributed by atoms with Gasteiger partial charge in [0.2, 0.25) is 0 Å². The lowest BCUT2D eigenvalue weighted by atomic mass is 9.96. The molecule has 0 saturated carbocycles. The summed E-state index contributed by atoms with van der Waals surface area (Å²) >= 11 is 0. The van der Waals surface area contributed by atoms with Gasteiger partial charge < -0.3 is 23.7 Å². The maximum atomic E-state index is 12.6. The lowest BCUT2D eigenvalue weighted by Crippen LogP contribution is -2.45. The van der Waals surface area contributed by atoms with Crippen molar-refractivity contribution in [1.82, 2.24) is 0 Å². The standard InChI is InChI=1S/C26H34O7/c1-17(2)12-13-31-24-16-32-22-11-9-19(14-23(22)33-26(24,4)5)8-10-21(27)18(3)20(15-29-6)25(28)30-7/h8-12,14-15,18,24H,13,16H2,1-7H3/t18?,24-/m1/s1. The van der Waals surface area contributed by atoms with E-state index in [1.165, 1.54) is 32.1 Å². The third-order valence-corrected chi connectivity index (χ3v) is 5.29. The predicted octanol–water partition coefficient (Wildman–Crippen LogP) is 4.51. The SMILES string of the molecule is COC=C(C(=O)OC)C(C)C(=O)C=Cc1ccc2c(c1)OC(C)(C)[C@H](OCC=C(C)C)CO2. The minimum atomic E-state index is -0.716. The zero-order chi connectivity index (χ0) is 24.6. The summed E-state index contributed by atoms with van der Waals surface area (Å²) in [6, 6.07) is 5.46. The molecule has 33 heavy (non-hydrogen) atoms. The first-order valence-electron chi connectivity index (χ1n) is 10.8. The molecule has 1 unspecified atom stereocenters. The van der Waals surface area contributed by atoms with Gasteiger partial charge in [0.1, 0.15) is 18.3 Å². The first-order chi connectivity index (χ1) is 15.6. The number of benzene rings is 1. The second-order valence-electron chi connectivity index (χ2n) is 8.58. The zero-order valence-corrected chi connectivity index (χ0v) is 20.5. The molecule has 1 heterocycles. The van der Waals surface area contributed by atoms with Gasteiger partial charge in [-0.1, -0.05) is 30.7 Å². The summed E-state index contributed by atoms with van der Waals surface area (Å²) in [7, 11) is 2.67. The maximum Gasteiger partial charge on any atom is 0.337 e. The summed E-state index contributed by atoms with van der Waals surface area (Å²) in [6.07, 6.45) is 6.08. The number of carbonyl (C=O) groups excluding carboxylic acids is 2. The van der Waals surface area contributed by atoms with Gasteiger partial charge in [-0.15, -0.1) is 0 Å². The van der Waals surface area contributed by atoms with E-state index in [-0.39, 0.29) is 17.5 Å². The van der Waals surface area contributed by atoms with Crippen molar-refractivity contribution >= 4 is 17.8 Å². The van der Waals surface area contributed by atoms with Gasteiger partial charge in [-0.05, 0) is 51.5 Å². The molecule has 2 atom stereocenters. The van der Waals surface area contributed by atoms with Crippen LogP contribution in [0.25, 0.3) is 6.08 Å². The van der Waals surface area contributed by atoms with Crippen molar-refractivity contribution in [3.05, 3.63) is 53.3 Å². The summed E-state index contributed by atoms with van der Waals surface area (Å²) < 4.78 is 27.8. The fourth-order valence-corrected chi connectivity index (χ4v) is 3.17. The lowest BCUT2D eigenvalue weighted by molar-refractivity contribution is -0.137. The Hall–Kier alpha value is -3.06. The number of hydrogen-bond acceptors (Lipinski definition) is 7. The molecule has 2 rings (SSSR count). The van der Waals surface area contributed by atoms with Crippen molar-refractivity contribution in [2.75, 3.05) is 27.4 Å². The molecule has 0 spiro atoms. The number of fused-ring (bicyclic) bond motifs is 1. The Kier molecular flexibility index (Phi) is 9.29. The van der Waals surface area contributed by atoms with Crippen molar-refractivity contribution in [1.29, 1.82) is 0 Å². The van der Waals surface area contributed by atoms with Gasteiger partial charge in [-0.2, -0.15) is 0 Å². The van der Waals surface area contributed by atoms with E-state index < -0.39 is 17.5 Å². The first-order valence-corrected chi connectivity index (χ1v) is 10.8. The topological polar surface area (TPSA) is 80.3 Å². The number of ketones is 1. The predicted molar refractivity (Wildman–Crippen MR) is 126 cm³/mol. The van der Waals surface area contributed by atoms with Crippen LogP contribution in [0.15, 0.2) is 47.8 Å². The van der Waals surface area contributed by atoms with Crippen LogP contribution in [0.1, 0.15) is 40.2 Å². The lowest BCUT2D eigenvalue weighted by Gasteiger charge is -2.31. The largest absolute Gasteiger partial charge is 0.504 e. The number of hydrogen-bond donors (Lipinski definition) is 0. The Balaban J connectivity index is 2.16. The monoisotopic (exact) mass is 458 g/mol. The van der Waals surface area contributed by atoms with Crippen molar-refractivity contribution in [2.45, 2.75) is 46.3 Å². The van der Waals surface area contributed by atoms with Crippen LogP contribution < -0.4 is 9.47 Å². The van der Waals surface area contributed by atoms with Crippen LogP contribution in [0.3, 0.4) is 0 Å². The maximum absolute atomic E-state index is 12.6. The van der Waals surface area contributed by atoms with Crippen LogP contribution in [0.2, 0.25) is 0 Å². The third kappa shape index (κ3) is 7.22. The number of methoxy groups -OCH3 is 2. The Bertz CT molecular complexity index is 936. The summed E-state index contributed by atoms with van der Waals surface area (Å²) in [5.74, 6) is -0.393. The van der Waals surface area contributed by atoms with Gasteiger partial charge in [-0.3, -0.25) is 4.79 Å². The highest BCUT2D eigenvalue weighted by Crippen LogP contribution is 2.36. The normalized spacial score (nSPS) is 18.3. The van der Waals surface area contributed by atoms with Gasteiger partial charge in [0.05, 0.1) is 38.6 Å². The van der Waals surface area contributed by atoms with Gasteiger partial charge >= 0.3 is 5.97 Å².